The van der Waals surface area contributed by atoms with Crippen molar-refractivity contribution < 1.29 is 4.79 Å². The van der Waals surface area contributed by atoms with E-state index in [1.165, 1.54) is 5.56 Å². The minimum absolute atomic E-state index is 0.140. The third-order valence-electron chi connectivity index (χ3n) is 3.50. The number of benzene rings is 1. The standard InChI is InChI=1S/C17H28N2O/c1-14(2)19(15(3)4)13-12-18-17(20)11-10-16-8-6-5-7-9-16/h5-9,14-15H,10-13H2,1-4H3,(H,18,20). The maximum atomic E-state index is 11.8. The van der Waals surface area contributed by atoms with Crippen molar-refractivity contribution in [3.63, 3.8) is 0 Å². The van der Waals surface area contributed by atoms with Gasteiger partial charge in [0.15, 0.2) is 0 Å². The molecule has 0 saturated carbocycles. The molecule has 0 fully saturated rings. The van der Waals surface area contributed by atoms with E-state index >= 15 is 0 Å². The van der Waals surface area contributed by atoms with Crippen LogP contribution in [0.1, 0.15) is 39.7 Å². The molecule has 0 heterocycles. The van der Waals surface area contributed by atoms with Gasteiger partial charge in [-0.05, 0) is 39.7 Å². The van der Waals surface area contributed by atoms with Gasteiger partial charge in [0.1, 0.15) is 0 Å². The van der Waals surface area contributed by atoms with Gasteiger partial charge in [-0.2, -0.15) is 0 Å². The lowest BCUT2D eigenvalue weighted by Crippen LogP contribution is -2.42. The number of rotatable bonds is 8. The summed E-state index contributed by atoms with van der Waals surface area (Å²) in [5.41, 5.74) is 1.22. The highest BCUT2D eigenvalue weighted by Gasteiger charge is 2.12. The Kier molecular flexibility index (Phi) is 7.31. The first-order valence-electron chi connectivity index (χ1n) is 7.57. The molecule has 0 bridgehead atoms. The number of carbonyl (C=O) groups is 1. The van der Waals surface area contributed by atoms with Gasteiger partial charge in [0.05, 0.1) is 0 Å². The molecule has 0 aromatic heterocycles. The van der Waals surface area contributed by atoms with Crippen LogP contribution in [0.5, 0.6) is 0 Å². The van der Waals surface area contributed by atoms with Crippen molar-refractivity contribution in [3.05, 3.63) is 35.9 Å². The maximum Gasteiger partial charge on any atom is 0.220 e. The Labute approximate surface area is 123 Å². The van der Waals surface area contributed by atoms with E-state index in [1.807, 2.05) is 18.2 Å². The fraction of sp³-hybridized carbons (Fsp3) is 0.588. The van der Waals surface area contributed by atoms with E-state index in [2.05, 4.69) is 50.0 Å². The molecule has 0 radical (unpaired) electrons. The largest absolute Gasteiger partial charge is 0.355 e. The van der Waals surface area contributed by atoms with E-state index in [-0.39, 0.29) is 5.91 Å². The van der Waals surface area contributed by atoms with E-state index < -0.39 is 0 Å². The molecule has 3 heteroatoms. The normalized spacial score (nSPS) is 11.3. The van der Waals surface area contributed by atoms with Crippen molar-refractivity contribution in [1.29, 1.82) is 0 Å². The molecular weight excluding hydrogens is 248 g/mol. The van der Waals surface area contributed by atoms with Crippen molar-refractivity contribution in [3.8, 4) is 0 Å². The minimum Gasteiger partial charge on any atom is -0.355 e. The summed E-state index contributed by atoms with van der Waals surface area (Å²) in [6.07, 6.45) is 1.37. The van der Waals surface area contributed by atoms with Crippen molar-refractivity contribution in [2.45, 2.75) is 52.6 Å². The predicted molar refractivity (Wildman–Crippen MR) is 84.8 cm³/mol. The molecule has 0 aliphatic carbocycles. The predicted octanol–water partition coefficient (Wildman–Crippen LogP) is 2.85. The molecule has 1 amide bonds. The van der Waals surface area contributed by atoms with E-state index in [1.54, 1.807) is 0 Å². The van der Waals surface area contributed by atoms with E-state index in [4.69, 9.17) is 0 Å². The van der Waals surface area contributed by atoms with E-state index in [0.717, 1.165) is 19.5 Å². The summed E-state index contributed by atoms with van der Waals surface area (Å²) < 4.78 is 0. The van der Waals surface area contributed by atoms with Gasteiger partial charge in [0.2, 0.25) is 5.91 Å². The molecule has 0 aliphatic heterocycles. The number of hydrogen-bond donors (Lipinski definition) is 1. The first kappa shape index (κ1) is 16.7. The molecule has 1 aromatic carbocycles. The van der Waals surface area contributed by atoms with Gasteiger partial charge < -0.3 is 5.32 Å². The van der Waals surface area contributed by atoms with Crippen LogP contribution in [0.25, 0.3) is 0 Å². The summed E-state index contributed by atoms with van der Waals surface area (Å²) in [5.74, 6) is 0.140. The number of nitrogens with zero attached hydrogens (tertiary/aromatic N) is 1. The fourth-order valence-electron chi connectivity index (χ4n) is 2.43. The molecule has 1 rings (SSSR count). The van der Waals surface area contributed by atoms with Crippen LogP contribution in [0.15, 0.2) is 30.3 Å². The molecule has 0 saturated heterocycles. The summed E-state index contributed by atoms with van der Waals surface area (Å²) in [7, 11) is 0. The second-order valence-electron chi connectivity index (χ2n) is 5.76. The minimum atomic E-state index is 0.140. The number of nitrogens with one attached hydrogen (secondary N) is 1. The second-order valence-corrected chi connectivity index (χ2v) is 5.76. The summed E-state index contributed by atoms with van der Waals surface area (Å²) in [6.45, 7) is 10.4. The van der Waals surface area contributed by atoms with Gasteiger partial charge in [0, 0.05) is 31.6 Å². The van der Waals surface area contributed by atoms with Crippen LogP contribution in [0.3, 0.4) is 0 Å². The lowest BCUT2D eigenvalue weighted by Gasteiger charge is -2.30. The third kappa shape index (κ3) is 6.20. The summed E-state index contributed by atoms with van der Waals surface area (Å²) in [4.78, 5) is 14.2. The van der Waals surface area contributed by atoms with Gasteiger partial charge in [-0.3, -0.25) is 9.69 Å². The monoisotopic (exact) mass is 276 g/mol. The molecule has 1 aromatic rings. The SMILES string of the molecule is CC(C)N(CCNC(=O)CCc1ccccc1)C(C)C. The highest BCUT2D eigenvalue weighted by Crippen LogP contribution is 2.04. The van der Waals surface area contributed by atoms with Gasteiger partial charge in [-0.15, -0.1) is 0 Å². The zero-order chi connectivity index (χ0) is 15.0. The zero-order valence-corrected chi connectivity index (χ0v) is 13.2. The number of hydrogen-bond acceptors (Lipinski definition) is 2. The molecule has 112 valence electrons. The van der Waals surface area contributed by atoms with Crippen molar-refractivity contribution >= 4 is 5.91 Å². The molecule has 0 atom stereocenters. The van der Waals surface area contributed by atoms with E-state index in [9.17, 15) is 4.79 Å². The average Bonchev–Trinajstić information content (AvgIpc) is 2.41. The molecule has 0 unspecified atom stereocenters. The Morgan fingerprint density at radius 3 is 2.25 bits per heavy atom. The highest BCUT2D eigenvalue weighted by atomic mass is 16.1. The molecular formula is C17H28N2O. The lowest BCUT2D eigenvalue weighted by atomic mass is 10.1. The molecule has 3 nitrogen and oxygen atoms in total. The highest BCUT2D eigenvalue weighted by molar-refractivity contribution is 5.76. The van der Waals surface area contributed by atoms with Crippen LogP contribution < -0.4 is 5.32 Å². The molecule has 0 aliphatic rings. The van der Waals surface area contributed by atoms with Gasteiger partial charge in [-0.1, -0.05) is 30.3 Å². The number of amides is 1. The maximum absolute atomic E-state index is 11.8. The lowest BCUT2D eigenvalue weighted by molar-refractivity contribution is -0.121. The summed E-state index contributed by atoms with van der Waals surface area (Å²) >= 11 is 0. The molecule has 1 N–H and O–H groups in total. The summed E-state index contributed by atoms with van der Waals surface area (Å²) in [5, 5.41) is 3.01. The van der Waals surface area contributed by atoms with E-state index in [0.29, 0.717) is 18.5 Å². The topological polar surface area (TPSA) is 32.3 Å². The quantitative estimate of drug-likeness (QED) is 0.792. The van der Waals surface area contributed by atoms with Crippen LogP contribution in [0.4, 0.5) is 0 Å². The first-order valence-corrected chi connectivity index (χ1v) is 7.57. The Morgan fingerprint density at radius 1 is 1.10 bits per heavy atom. The third-order valence-corrected chi connectivity index (χ3v) is 3.50. The Balaban J connectivity index is 2.23. The number of carbonyl (C=O) groups excluding carboxylic acids is 1. The second kappa shape index (κ2) is 8.75. The van der Waals surface area contributed by atoms with Crippen LogP contribution in [0, 0.1) is 0 Å². The fourth-order valence-corrected chi connectivity index (χ4v) is 2.43. The van der Waals surface area contributed by atoms with Crippen molar-refractivity contribution in [1.82, 2.24) is 10.2 Å². The average molecular weight is 276 g/mol. The number of aryl methyl sites for hydroxylation is 1. The Bertz CT molecular complexity index is 379. The summed E-state index contributed by atoms with van der Waals surface area (Å²) in [6, 6.07) is 11.2. The molecule has 0 spiro atoms. The van der Waals surface area contributed by atoms with Crippen LogP contribution in [-0.4, -0.2) is 36.0 Å². The molecule has 20 heavy (non-hydrogen) atoms. The van der Waals surface area contributed by atoms with Gasteiger partial charge in [0.25, 0.3) is 0 Å². The van der Waals surface area contributed by atoms with Crippen LogP contribution >= 0.6 is 0 Å². The first-order chi connectivity index (χ1) is 9.50. The van der Waals surface area contributed by atoms with Crippen LogP contribution in [-0.2, 0) is 11.2 Å². The smallest absolute Gasteiger partial charge is 0.220 e. The van der Waals surface area contributed by atoms with Crippen LogP contribution in [0.2, 0.25) is 0 Å². The van der Waals surface area contributed by atoms with Gasteiger partial charge in [-0.25, -0.2) is 0 Å². The van der Waals surface area contributed by atoms with Crippen molar-refractivity contribution in [2.75, 3.05) is 13.1 Å². The Morgan fingerprint density at radius 2 is 1.70 bits per heavy atom. The van der Waals surface area contributed by atoms with Crippen molar-refractivity contribution in [2.24, 2.45) is 0 Å². The zero-order valence-electron chi connectivity index (χ0n) is 13.2. The van der Waals surface area contributed by atoms with Gasteiger partial charge >= 0.3 is 0 Å². The Hall–Kier alpha value is -1.35.